The number of aliphatic hydroxyl groups is 1. The van der Waals surface area contributed by atoms with Crippen molar-refractivity contribution in [3.05, 3.63) is 76.4 Å². The van der Waals surface area contributed by atoms with Gasteiger partial charge in [-0.25, -0.2) is 9.78 Å². The zero-order valence-corrected chi connectivity index (χ0v) is 37.6. The van der Waals surface area contributed by atoms with Gasteiger partial charge in [0.15, 0.2) is 0 Å². The number of likely N-dealkylation sites (tertiary alicyclic amines) is 1. The van der Waals surface area contributed by atoms with E-state index in [9.17, 15) is 29.1 Å². The molecule has 0 aliphatic carbocycles. The molecule has 3 unspecified atom stereocenters. The number of alkyl carbamates (subject to hydrolysis) is 1. The van der Waals surface area contributed by atoms with Gasteiger partial charge in [-0.15, -0.1) is 11.3 Å². The van der Waals surface area contributed by atoms with Gasteiger partial charge in [-0.3, -0.25) is 19.2 Å². The number of β-amino-alcohol motifs (C(OH)–C–C–N with tert-alkyl or cyclic N) is 1. The van der Waals surface area contributed by atoms with Gasteiger partial charge in [0.25, 0.3) is 0 Å². The molecule has 3 aromatic rings. The molecule has 0 saturated carbocycles. The molecule has 1 aliphatic rings. The van der Waals surface area contributed by atoms with E-state index in [1.165, 1.54) is 4.90 Å². The van der Waals surface area contributed by atoms with E-state index in [4.69, 9.17) is 19.9 Å². The van der Waals surface area contributed by atoms with Crippen LogP contribution in [0.1, 0.15) is 96.5 Å². The average Bonchev–Trinajstić information content (AvgIpc) is 3.80. The Morgan fingerprint density at radius 3 is 2.23 bits per heavy atom. The molecule has 0 bridgehead atoms. The lowest BCUT2D eigenvalue weighted by atomic mass is 9.85. The maximum Gasteiger partial charge on any atom is 0.407 e. The van der Waals surface area contributed by atoms with E-state index in [1.54, 1.807) is 32.1 Å². The maximum absolute atomic E-state index is 14.0. The standard InChI is InChI=1S/C45H64N6O9S/c1-28-39(61-27-48-28)33-17-15-31(16-18-33)23-47-41(55)36-22-34(52)24-51(36)42(56)40(44(3,4)5)50-38(54)26-58-21-9-10-30-11-13-32(14-12-30)25-59-29(2)35(19-20-37(46)53)49-43(57)60-45(6,7)8/h11-18,27,29,34-36,40,52H,9-10,19-26H2,1-8H3,(H2,46,53)(H,47,55)(H,49,57)(H,50,54)/t29?,34-,35?,36-,40?/m0/s1. The van der Waals surface area contributed by atoms with E-state index in [2.05, 4.69) is 20.9 Å². The summed E-state index contributed by atoms with van der Waals surface area (Å²) >= 11 is 1.57. The van der Waals surface area contributed by atoms with Crippen molar-refractivity contribution in [2.45, 2.75) is 137 Å². The molecule has 5 amide bonds. The molecule has 2 aromatic carbocycles. The first-order valence-corrected chi connectivity index (χ1v) is 21.7. The predicted octanol–water partition coefficient (Wildman–Crippen LogP) is 4.94. The Morgan fingerprint density at radius 2 is 1.62 bits per heavy atom. The van der Waals surface area contributed by atoms with Crippen molar-refractivity contribution in [2.24, 2.45) is 11.1 Å². The molecule has 1 aromatic heterocycles. The minimum atomic E-state index is -0.959. The molecule has 6 N–H and O–H groups in total. The summed E-state index contributed by atoms with van der Waals surface area (Å²) in [5.41, 5.74) is 10.7. The van der Waals surface area contributed by atoms with Gasteiger partial charge < -0.3 is 45.9 Å². The van der Waals surface area contributed by atoms with Crippen molar-refractivity contribution in [1.29, 1.82) is 0 Å². The van der Waals surface area contributed by atoms with Crippen LogP contribution in [0, 0.1) is 12.3 Å². The minimum absolute atomic E-state index is 0.0158. The van der Waals surface area contributed by atoms with Gasteiger partial charge in [-0.2, -0.15) is 0 Å². The first kappa shape index (κ1) is 48.8. The number of rotatable bonds is 20. The number of ether oxygens (including phenoxy) is 3. The van der Waals surface area contributed by atoms with E-state index < -0.39 is 65.2 Å². The number of nitrogens with two attached hydrogens (primary N) is 1. The second-order valence-electron chi connectivity index (χ2n) is 17.7. The van der Waals surface area contributed by atoms with Crippen LogP contribution in [-0.2, 0) is 53.0 Å². The number of carbonyl (C=O) groups is 5. The summed E-state index contributed by atoms with van der Waals surface area (Å²) < 4.78 is 17.1. The minimum Gasteiger partial charge on any atom is -0.444 e. The third-order valence-electron chi connectivity index (χ3n) is 10.2. The van der Waals surface area contributed by atoms with Gasteiger partial charge in [0.1, 0.15) is 24.3 Å². The second-order valence-corrected chi connectivity index (χ2v) is 18.5. The van der Waals surface area contributed by atoms with E-state index in [0.29, 0.717) is 25.9 Å². The molecule has 1 saturated heterocycles. The fourth-order valence-electron chi connectivity index (χ4n) is 6.85. The summed E-state index contributed by atoms with van der Waals surface area (Å²) in [6.07, 6.45) is -0.0354. The highest BCUT2D eigenvalue weighted by Crippen LogP contribution is 2.28. The molecular weight excluding hydrogens is 801 g/mol. The molecule has 334 valence electrons. The van der Waals surface area contributed by atoms with Crippen LogP contribution in [0.5, 0.6) is 0 Å². The van der Waals surface area contributed by atoms with Crippen LogP contribution in [0.15, 0.2) is 54.0 Å². The molecule has 5 atom stereocenters. The Balaban J connectivity index is 1.20. The van der Waals surface area contributed by atoms with E-state index >= 15 is 0 Å². The van der Waals surface area contributed by atoms with Crippen LogP contribution in [0.2, 0.25) is 0 Å². The summed E-state index contributed by atoms with van der Waals surface area (Å²) in [4.78, 5) is 71.0. The van der Waals surface area contributed by atoms with Gasteiger partial charge in [0.2, 0.25) is 23.6 Å². The number of thiazole rings is 1. The first-order valence-electron chi connectivity index (χ1n) is 20.8. The van der Waals surface area contributed by atoms with Crippen LogP contribution < -0.4 is 21.7 Å². The lowest BCUT2D eigenvalue weighted by Gasteiger charge is -2.35. The van der Waals surface area contributed by atoms with Crippen LogP contribution in [0.25, 0.3) is 10.4 Å². The third kappa shape index (κ3) is 15.8. The van der Waals surface area contributed by atoms with Crippen LogP contribution in [0.3, 0.4) is 0 Å². The lowest BCUT2D eigenvalue weighted by molar-refractivity contribution is -0.144. The van der Waals surface area contributed by atoms with Crippen molar-refractivity contribution in [3.63, 3.8) is 0 Å². The Morgan fingerprint density at radius 1 is 0.967 bits per heavy atom. The molecule has 15 nitrogen and oxygen atoms in total. The number of benzene rings is 2. The number of carbonyl (C=O) groups excluding carboxylic acids is 5. The molecule has 4 rings (SSSR count). The zero-order chi connectivity index (χ0) is 44.9. The van der Waals surface area contributed by atoms with Gasteiger partial charge in [0.05, 0.1) is 40.9 Å². The summed E-state index contributed by atoms with van der Waals surface area (Å²) in [6, 6.07) is 13.4. The molecule has 1 fully saturated rings. The number of aromatic nitrogens is 1. The summed E-state index contributed by atoms with van der Waals surface area (Å²) in [6.45, 7) is 15.2. The van der Waals surface area contributed by atoms with E-state index in [-0.39, 0.29) is 45.1 Å². The SMILES string of the molecule is Cc1ncsc1-c1ccc(CNC(=O)[C@@H]2C[C@H](O)CN2C(=O)C(NC(=O)COCCCc2ccc(COC(C)C(CCC(N)=O)NC(=O)OC(C)(C)C)cc2)C(C)(C)C)cc1. The number of hydrogen-bond donors (Lipinski definition) is 5. The van der Waals surface area contributed by atoms with Crippen LogP contribution >= 0.6 is 11.3 Å². The monoisotopic (exact) mass is 864 g/mol. The quantitative estimate of drug-likeness (QED) is 0.0966. The Hall–Kier alpha value is -4.90. The van der Waals surface area contributed by atoms with Crippen molar-refractivity contribution in [2.75, 3.05) is 19.8 Å². The summed E-state index contributed by atoms with van der Waals surface area (Å²) in [5, 5.41) is 19.1. The molecule has 2 heterocycles. The smallest absolute Gasteiger partial charge is 0.407 e. The summed E-state index contributed by atoms with van der Waals surface area (Å²) in [7, 11) is 0. The van der Waals surface area contributed by atoms with E-state index in [1.807, 2.05) is 88.7 Å². The van der Waals surface area contributed by atoms with Gasteiger partial charge in [-0.1, -0.05) is 69.3 Å². The molecule has 61 heavy (non-hydrogen) atoms. The fourth-order valence-corrected chi connectivity index (χ4v) is 7.66. The third-order valence-corrected chi connectivity index (χ3v) is 11.2. The van der Waals surface area contributed by atoms with Gasteiger partial charge >= 0.3 is 6.09 Å². The number of aryl methyl sites for hydroxylation is 2. The molecule has 0 spiro atoms. The van der Waals surface area contributed by atoms with Gasteiger partial charge in [0, 0.05) is 32.5 Å². The number of nitrogens with zero attached hydrogens (tertiary/aromatic N) is 2. The largest absolute Gasteiger partial charge is 0.444 e. The highest BCUT2D eigenvalue weighted by Gasteiger charge is 2.44. The fraction of sp³-hybridized carbons (Fsp3) is 0.556. The topological polar surface area (TPSA) is 212 Å². The molecule has 0 radical (unpaired) electrons. The van der Waals surface area contributed by atoms with Crippen LogP contribution in [0.4, 0.5) is 4.79 Å². The van der Waals surface area contributed by atoms with Crippen molar-refractivity contribution >= 4 is 41.1 Å². The normalized spacial score (nSPS) is 17.0. The Bertz CT molecular complexity index is 1920. The lowest BCUT2D eigenvalue weighted by Crippen LogP contribution is -2.58. The number of amides is 5. The maximum atomic E-state index is 14.0. The highest BCUT2D eigenvalue weighted by atomic mass is 32.1. The molecular formula is C45H64N6O9S. The summed E-state index contributed by atoms with van der Waals surface area (Å²) in [5.74, 6) is -1.74. The zero-order valence-electron chi connectivity index (χ0n) is 36.7. The highest BCUT2D eigenvalue weighted by molar-refractivity contribution is 7.13. The number of aliphatic hydroxyl groups excluding tert-OH is 1. The van der Waals surface area contributed by atoms with Crippen molar-refractivity contribution < 1.29 is 43.3 Å². The van der Waals surface area contributed by atoms with Crippen LogP contribution in [-0.4, -0.2) is 100 Å². The Kier molecular flexibility index (Phi) is 17.8. The van der Waals surface area contributed by atoms with Gasteiger partial charge in [-0.05, 0) is 81.5 Å². The second kappa shape index (κ2) is 22.3. The average molecular weight is 865 g/mol. The van der Waals surface area contributed by atoms with E-state index in [0.717, 1.165) is 32.8 Å². The molecule has 1 aliphatic heterocycles. The van der Waals surface area contributed by atoms with Crippen molar-refractivity contribution in [3.8, 4) is 10.4 Å². The number of nitrogens with one attached hydrogen (secondary N) is 3. The van der Waals surface area contributed by atoms with Crippen molar-refractivity contribution in [1.82, 2.24) is 25.8 Å². The first-order chi connectivity index (χ1) is 28.7. The Labute approximate surface area is 363 Å². The molecule has 16 heteroatoms. The predicted molar refractivity (Wildman–Crippen MR) is 233 cm³/mol. The number of hydrogen-bond acceptors (Lipinski definition) is 11. The number of primary amides is 1.